The molecule has 0 spiro atoms. The van der Waals surface area contributed by atoms with Crippen molar-refractivity contribution in [2.75, 3.05) is 18.0 Å². The third kappa shape index (κ3) is 2.07. The van der Waals surface area contributed by atoms with Crippen LogP contribution in [0.4, 0.5) is 10.2 Å². The van der Waals surface area contributed by atoms with Crippen LogP contribution in [0.2, 0.25) is 5.02 Å². The molecule has 1 aromatic heterocycles. The van der Waals surface area contributed by atoms with E-state index in [1.807, 2.05) is 0 Å². The van der Waals surface area contributed by atoms with Crippen molar-refractivity contribution in [2.45, 2.75) is 19.4 Å². The number of pyridine rings is 1. The van der Waals surface area contributed by atoms with Crippen molar-refractivity contribution < 1.29 is 9.18 Å². The van der Waals surface area contributed by atoms with Crippen LogP contribution in [0.3, 0.4) is 0 Å². The van der Waals surface area contributed by atoms with Gasteiger partial charge in [-0.1, -0.05) is 11.6 Å². The summed E-state index contributed by atoms with van der Waals surface area (Å²) in [5.41, 5.74) is -0.820. The van der Waals surface area contributed by atoms with Gasteiger partial charge >= 0.3 is 0 Å². The zero-order valence-electron chi connectivity index (χ0n) is 9.63. The average Bonchev–Trinajstić information content (AvgIpc) is 2.23. The number of anilines is 1. The Morgan fingerprint density at radius 2 is 2.29 bits per heavy atom. The third-order valence-electron chi connectivity index (χ3n) is 2.90. The Balaban J connectivity index is 2.41. The molecular formula is C11H13ClFN3O. The Labute approximate surface area is 104 Å². The second kappa shape index (κ2) is 4.14. The van der Waals surface area contributed by atoms with Crippen LogP contribution in [0.1, 0.15) is 13.8 Å². The van der Waals surface area contributed by atoms with Crippen LogP contribution in [0, 0.1) is 5.82 Å². The van der Waals surface area contributed by atoms with Gasteiger partial charge in [-0.25, -0.2) is 9.37 Å². The molecule has 1 aromatic rings. The van der Waals surface area contributed by atoms with Gasteiger partial charge in [0.05, 0.1) is 5.02 Å². The molecule has 4 nitrogen and oxygen atoms in total. The fourth-order valence-corrected chi connectivity index (χ4v) is 2.02. The Morgan fingerprint density at radius 1 is 1.59 bits per heavy atom. The molecule has 0 saturated carbocycles. The van der Waals surface area contributed by atoms with Gasteiger partial charge in [0.2, 0.25) is 5.91 Å². The highest BCUT2D eigenvalue weighted by molar-refractivity contribution is 6.30. The summed E-state index contributed by atoms with van der Waals surface area (Å²) >= 11 is 5.66. The van der Waals surface area contributed by atoms with E-state index >= 15 is 0 Å². The van der Waals surface area contributed by atoms with E-state index in [-0.39, 0.29) is 16.7 Å². The minimum atomic E-state index is -0.820. The molecule has 0 unspecified atom stereocenters. The number of nitrogens with zero attached hydrogens (tertiary/aromatic N) is 2. The predicted octanol–water partition coefficient (Wildman–Crippen LogP) is 1.59. The van der Waals surface area contributed by atoms with Crippen molar-refractivity contribution in [3.63, 3.8) is 0 Å². The standard InChI is InChI=1S/C11H13ClFN3O/c1-11(2)10(17)14-3-4-16(11)9-8(13)5-7(12)6-15-9/h5-6H,3-4H2,1-2H3,(H,14,17). The van der Waals surface area contributed by atoms with Gasteiger partial charge in [-0.05, 0) is 19.9 Å². The summed E-state index contributed by atoms with van der Waals surface area (Å²) in [7, 11) is 0. The molecule has 1 N–H and O–H groups in total. The van der Waals surface area contributed by atoms with Gasteiger partial charge in [0.1, 0.15) is 5.54 Å². The van der Waals surface area contributed by atoms with Gasteiger partial charge in [-0.3, -0.25) is 4.79 Å². The number of carbonyl (C=O) groups excluding carboxylic acids is 1. The highest BCUT2D eigenvalue weighted by Gasteiger charge is 2.39. The minimum Gasteiger partial charge on any atom is -0.352 e. The fourth-order valence-electron chi connectivity index (χ4n) is 1.88. The number of halogens is 2. The van der Waals surface area contributed by atoms with E-state index in [4.69, 9.17) is 11.6 Å². The number of nitrogens with one attached hydrogen (secondary N) is 1. The Bertz CT molecular complexity index is 464. The molecule has 17 heavy (non-hydrogen) atoms. The average molecular weight is 258 g/mol. The molecule has 92 valence electrons. The van der Waals surface area contributed by atoms with Crippen LogP contribution in [0.5, 0.6) is 0 Å². The monoisotopic (exact) mass is 257 g/mol. The summed E-state index contributed by atoms with van der Waals surface area (Å²) in [6.07, 6.45) is 1.38. The number of hydrogen-bond donors (Lipinski definition) is 1. The first kappa shape index (κ1) is 12.1. The van der Waals surface area contributed by atoms with Crippen molar-refractivity contribution in [3.8, 4) is 0 Å². The van der Waals surface area contributed by atoms with Gasteiger partial charge in [0, 0.05) is 19.3 Å². The number of hydrogen-bond acceptors (Lipinski definition) is 3. The van der Waals surface area contributed by atoms with Crippen LogP contribution in [0.25, 0.3) is 0 Å². The molecule has 0 aromatic carbocycles. The van der Waals surface area contributed by atoms with Crippen LogP contribution >= 0.6 is 11.6 Å². The smallest absolute Gasteiger partial charge is 0.245 e. The second-order valence-electron chi connectivity index (χ2n) is 4.43. The van der Waals surface area contributed by atoms with Crippen LogP contribution in [0.15, 0.2) is 12.3 Å². The summed E-state index contributed by atoms with van der Waals surface area (Å²) in [6.45, 7) is 4.46. The third-order valence-corrected chi connectivity index (χ3v) is 3.10. The van der Waals surface area contributed by atoms with Gasteiger partial charge in [-0.15, -0.1) is 0 Å². The summed E-state index contributed by atoms with van der Waals surface area (Å²) < 4.78 is 13.8. The van der Waals surface area contributed by atoms with Gasteiger partial charge in [0.15, 0.2) is 11.6 Å². The molecule has 2 rings (SSSR count). The molecular weight excluding hydrogens is 245 g/mol. The normalized spacial score (nSPS) is 19.1. The maximum Gasteiger partial charge on any atom is 0.245 e. The topological polar surface area (TPSA) is 45.2 Å². The molecule has 6 heteroatoms. The van der Waals surface area contributed by atoms with Crippen molar-refractivity contribution >= 4 is 23.3 Å². The van der Waals surface area contributed by atoms with E-state index in [1.165, 1.54) is 12.3 Å². The molecule has 1 fully saturated rings. The fraction of sp³-hybridized carbons (Fsp3) is 0.455. The van der Waals surface area contributed by atoms with E-state index in [0.717, 1.165) is 0 Å². The highest BCUT2D eigenvalue weighted by atomic mass is 35.5. The molecule has 1 saturated heterocycles. The number of rotatable bonds is 1. The van der Waals surface area contributed by atoms with Gasteiger partial charge in [-0.2, -0.15) is 0 Å². The number of amides is 1. The van der Waals surface area contributed by atoms with Gasteiger partial charge in [0.25, 0.3) is 0 Å². The quantitative estimate of drug-likeness (QED) is 0.831. The number of carbonyl (C=O) groups is 1. The maximum atomic E-state index is 13.8. The van der Waals surface area contributed by atoms with E-state index in [0.29, 0.717) is 13.1 Å². The molecule has 0 atom stereocenters. The minimum absolute atomic E-state index is 0.139. The lowest BCUT2D eigenvalue weighted by atomic mass is 9.99. The molecule has 1 amide bonds. The summed E-state index contributed by atoms with van der Waals surface area (Å²) in [4.78, 5) is 17.4. The van der Waals surface area contributed by atoms with E-state index in [2.05, 4.69) is 10.3 Å². The van der Waals surface area contributed by atoms with Crippen LogP contribution in [-0.4, -0.2) is 29.5 Å². The Morgan fingerprint density at radius 3 is 2.94 bits per heavy atom. The highest BCUT2D eigenvalue weighted by Crippen LogP contribution is 2.27. The van der Waals surface area contributed by atoms with Crippen LogP contribution in [-0.2, 0) is 4.79 Å². The number of piperazine rings is 1. The number of aromatic nitrogens is 1. The van der Waals surface area contributed by atoms with Crippen molar-refractivity contribution in [2.24, 2.45) is 0 Å². The molecule has 1 aliphatic rings. The summed E-state index contributed by atoms with van der Waals surface area (Å²) in [5.74, 6) is -0.491. The second-order valence-corrected chi connectivity index (χ2v) is 4.86. The molecule has 0 aliphatic carbocycles. The predicted molar refractivity (Wildman–Crippen MR) is 63.6 cm³/mol. The largest absolute Gasteiger partial charge is 0.352 e. The maximum absolute atomic E-state index is 13.8. The molecule has 1 aliphatic heterocycles. The SMILES string of the molecule is CC1(C)C(=O)NCCN1c1ncc(Cl)cc1F. The first-order chi connectivity index (χ1) is 7.93. The zero-order valence-corrected chi connectivity index (χ0v) is 10.4. The van der Waals surface area contributed by atoms with Crippen molar-refractivity contribution in [1.82, 2.24) is 10.3 Å². The summed E-state index contributed by atoms with van der Waals surface area (Å²) in [6, 6.07) is 1.20. The summed E-state index contributed by atoms with van der Waals surface area (Å²) in [5, 5.41) is 2.99. The van der Waals surface area contributed by atoms with Crippen LogP contribution < -0.4 is 10.2 Å². The van der Waals surface area contributed by atoms with Crippen molar-refractivity contribution in [3.05, 3.63) is 23.1 Å². The Kier molecular flexibility index (Phi) is 2.95. The van der Waals surface area contributed by atoms with E-state index < -0.39 is 11.4 Å². The molecule has 2 heterocycles. The first-order valence-electron chi connectivity index (χ1n) is 5.30. The lowest BCUT2D eigenvalue weighted by Crippen LogP contribution is -2.62. The van der Waals surface area contributed by atoms with Gasteiger partial charge < -0.3 is 10.2 Å². The molecule has 0 radical (unpaired) electrons. The molecule has 0 bridgehead atoms. The zero-order chi connectivity index (χ0) is 12.6. The van der Waals surface area contributed by atoms with E-state index in [9.17, 15) is 9.18 Å². The van der Waals surface area contributed by atoms with Crippen molar-refractivity contribution in [1.29, 1.82) is 0 Å². The van der Waals surface area contributed by atoms with E-state index in [1.54, 1.807) is 18.7 Å². The first-order valence-corrected chi connectivity index (χ1v) is 5.67. The lowest BCUT2D eigenvalue weighted by Gasteiger charge is -2.42. The lowest BCUT2D eigenvalue weighted by molar-refractivity contribution is -0.126. The Hall–Kier alpha value is -1.36.